The summed E-state index contributed by atoms with van der Waals surface area (Å²) in [4.78, 5) is 12.0. The number of hydrogen-bond acceptors (Lipinski definition) is 7. The third kappa shape index (κ3) is 10.7. The molecule has 4 unspecified atom stereocenters. The SMILES string of the molecule is CCC(=O)OC(CC[C@H](N)[C@H](CC(CC)O[Si](C)(C)C(C)(C)C)OC)C(C)[C@H](O)C(C)CO. The Morgan fingerprint density at radius 1 is 1.09 bits per heavy atom. The van der Waals surface area contributed by atoms with Crippen LogP contribution in [0.3, 0.4) is 0 Å². The largest absolute Gasteiger partial charge is 0.462 e. The highest BCUT2D eigenvalue weighted by Gasteiger charge is 2.39. The minimum atomic E-state index is -1.91. The van der Waals surface area contributed by atoms with Crippen LogP contribution in [0.4, 0.5) is 0 Å². The minimum Gasteiger partial charge on any atom is -0.462 e. The molecule has 33 heavy (non-hydrogen) atoms. The molecule has 0 amide bonds. The number of rotatable bonds is 16. The fourth-order valence-electron chi connectivity index (χ4n) is 3.67. The zero-order valence-corrected chi connectivity index (χ0v) is 23.9. The predicted octanol–water partition coefficient (Wildman–Crippen LogP) is 4.25. The lowest BCUT2D eigenvalue weighted by Crippen LogP contribution is -2.46. The molecule has 8 heteroatoms. The number of esters is 1. The van der Waals surface area contributed by atoms with E-state index in [1.54, 1.807) is 21.0 Å². The van der Waals surface area contributed by atoms with Crippen LogP contribution in [-0.2, 0) is 18.7 Å². The van der Waals surface area contributed by atoms with Crippen molar-refractivity contribution in [2.24, 2.45) is 17.6 Å². The molecule has 198 valence electrons. The Morgan fingerprint density at radius 3 is 2.09 bits per heavy atom. The number of methoxy groups -OCH3 is 1. The molecule has 0 fully saturated rings. The minimum absolute atomic E-state index is 0.0711. The van der Waals surface area contributed by atoms with E-state index in [1.165, 1.54) is 0 Å². The molecule has 0 aromatic carbocycles. The standard InChI is InChI=1S/C25H53NO6Si/c1-11-19(32-33(9,10)25(5,6)7)15-22(30-8)20(26)13-14-21(31-23(28)12-2)18(4)24(29)17(3)16-27/h17-22,24,27,29H,11-16,26H2,1-10H3/t17?,18?,19?,20-,21?,22-,24+/m0/s1. The highest BCUT2D eigenvalue weighted by molar-refractivity contribution is 6.74. The second kappa shape index (κ2) is 14.8. The monoisotopic (exact) mass is 491 g/mol. The summed E-state index contributed by atoms with van der Waals surface area (Å²) in [5.41, 5.74) is 6.54. The number of carbonyl (C=O) groups is 1. The Labute approximate surface area is 203 Å². The van der Waals surface area contributed by atoms with Crippen molar-refractivity contribution in [1.82, 2.24) is 0 Å². The van der Waals surface area contributed by atoms with Crippen LogP contribution in [0.15, 0.2) is 0 Å². The quantitative estimate of drug-likeness (QED) is 0.219. The Morgan fingerprint density at radius 2 is 1.67 bits per heavy atom. The van der Waals surface area contributed by atoms with Gasteiger partial charge in [-0.25, -0.2) is 0 Å². The Balaban J connectivity index is 5.24. The van der Waals surface area contributed by atoms with Crippen LogP contribution in [0.25, 0.3) is 0 Å². The molecule has 0 radical (unpaired) electrons. The summed E-state index contributed by atoms with van der Waals surface area (Å²) in [6.07, 6.45) is 1.60. The molecule has 0 aliphatic heterocycles. The third-order valence-corrected chi connectivity index (χ3v) is 11.9. The van der Waals surface area contributed by atoms with Gasteiger partial charge in [-0.15, -0.1) is 0 Å². The van der Waals surface area contributed by atoms with E-state index in [0.717, 1.165) is 6.42 Å². The van der Waals surface area contributed by atoms with Crippen molar-refractivity contribution in [3.8, 4) is 0 Å². The maximum absolute atomic E-state index is 12.0. The zero-order chi connectivity index (χ0) is 26.0. The molecule has 4 N–H and O–H groups in total. The number of carbonyl (C=O) groups excluding carboxylic acids is 1. The van der Waals surface area contributed by atoms with Crippen LogP contribution >= 0.6 is 0 Å². The van der Waals surface area contributed by atoms with Gasteiger partial charge in [0.2, 0.25) is 0 Å². The van der Waals surface area contributed by atoms with Crippen molar-refractivity contribution < 1.29 is 28.9 Å². The summed E-state index contributed by atoms with van der Waals surface area (Å²) in [6.45, 7) is 18.6. The van der Waals surface area contributed by atoms with E-state index in [9.17, 15) is 15.0 Å². The van der Waals surface area contributed by atoms with Gasteiger partial charge in [0.25, 0.3) is 0 Å². The first kappa shape index (κ1) is 32.5. The molecule has 0 aliphatic carbocycles. The van der Waals surface area contributed by atoms with Crippen LogP contribution in [0.2, 0.25) is 18.1 Å². The van der Waals surface area contributed by atoms with Gasteiger partial charge in [-0.3, -0.25) is 4.79 Å². The predicted molar refractivity (Wildman–Crippen MR) is 137 cm³/mol. The summed E-state index contributed by atoms with van der Waals surface area (Å²) in [7, 11) is -0.232. The van der Waals surface area contributed by atoms with Crippen LogP contribution < -0.4 is 5.73 Å². The van der Waals surface area contributed by atoms with Crippen molar-refractivity contribution in [1.29, 1.82) is 0 Å². The smallest absolute Gasteiger partial charge is 0.305 e. The van der Waals surface area contributed by atoms with Crippen LogP contribution in [-0.4, -0.2) is 68.7 Å². The normalized spacial score (nSPS) is 19.3. The van der Waals surface area contributed by atoms with Gasteiger partial charge in [-0.05, 0) is 37.4 Å². The van der Waals surface area contributed by atoms with Gasteiger partial charge in [-0.1, -0.05) is 48.5 Å². The Bertz CT molecular complexity index is 554. The van der Waals surface area contributed by atoms with Gasteiger partial charge in [0, 0.05) is 50.5 Å². The summed E-state index contributed by atoms with van der Waals surface area (Å²) in [6, 6.07) is -0.255. The molecule has 0 heterocycles. The Hall–Kier alpha value is -0.513. The average Bonchev–Trinajstić information content (AvgIpc) is 2.76. The number of ether oxygens (including phenoxy) is 2. The van der Waals surface area contributed by atoms with Gasteiger partial charge in [-0.2, -0.15) is 0 Å². The van der Waals surface area contributed by atoms with Gasteiger partial charge < -0.3 is 29.8 Å². The summed E-state index contributed by atoms with van der Waals surface area (Å²) < 4.78 is 18.0. The van der Waals surface area contributed by atoms with Crippen molar-refractivity contribution >= 4 is 14.3 Å². The molecule has 7 atom stereocenters. The average molecular weight is 492 g/mol. The fraction of sp³-hybridized carbons (Fsp3) is 0.960. The van der Waals surface area contributed by atoms with E-state index < -0.39 is 20.5 Å². The van der Waals surface area contributed by atoms with Gasteiger partial charge >= 0.3 is 5.97 Å². The first-order valence-corrected chi connectivity index (χ1v) is 15.5. The molecule has 0 rings (SSSR count). The second-order valence-corrected chi connectivity index (χ2v) is 15.8. The van der Waals surface area contributed by atoms with Crippen molar-refractivity contribution in [3.05, 3.63) is 0 Å². The lowest BCUT2D eigenvalue weighted by molar-refractivity contribution is -0.155. The van der Waals surface area contributed by atoms with E-state index in [-0.39, 0.29) is 54.1 Å². The lowest BCUT2D eigenvalue weighted by atomic mass is 9.86. The maximum atomic E-state index is 12.0. The molecule has 0 saturated carbocycles. The lowest BCUT2D eigenvalue weighted by Gasteiger charge is -2.40. The van der Waals surface area contributed by atoms with Crippen molar-refractivity contribution in [2.75, 3.05) is 13.7 Å². The molecule has 0 aromatic rings. The van der Waals surface area contributed by atoms with Crippen LogP contribution in [0.5, 0.6) is 0 Å². The fourth-order valence-corrected chi connectivity index (χ4v) is 5.12. The molecule has 0 saturated heterocycles. The zero-order valence-electron chi connectivity index (χ0n) is 22.9. The molecule has 0 bridgehead atoms. The van der Waals surface area contributed by atoms with Gasteiger partial charge in [0.1, 0.15) is 6.10 Å². The topological polar surface area (TPSA) is 111 Å². The number of hydrogen-bond donors (Lipinski definition) is 3. The molecule has 0 spiro atoms. The van der Waals surface area contributed by atoms with E-state index in [0.29, 0.717) is 19.3 Å². The molecule has 0 aromatic heterocycles. The maximum Gasteiger partial charge on any atom is 0.305 e. The molecule has 7 nitrogen and oxygen atoms in total. The summed E-state index contributed by atoms with van der Waals surface area (Å²) >= 11 is 0. The van der Waals surface area contributed by atoms with Crippen LogP contribution in [0.1, 0.15) is 80.6 Å². The van der Waals surface area contributed by atoms with Gasteiger partial charge in [0.15, 0.2) is 8.32 Å². The van der Waals surface area contributed by atoms with Crippen molar-refractivity contribution in [3.63, 3.8) is 0 Å². The number of aliphatic hydroxyl groups is 2. The highest BCUT2D eigenvalue weighted by Crippen LogP contribution is 2.38. The van der Waals surface area contributed by atoms with E-state index in [1.807, 2.05) is 6.92 Å². The van der Waals surface area contributed by atoms with Crippen molar-refractivity contribution in [2.45, 2.75) is 129 Å². The molecule has 0 aliphatic rings. The molecular formula is C25H53NO6Si. The number of nitrogens with two attached hydrogens (primary N) is 1. The Kier molecular flexibility index (Phi) is 14.6. The molecular weight excluding hydrogens is 438 g/mol. The third-order valence-electron chi connectivity index (χ3n) is 7.35. The first-order chi connectivity index (χ1) is 15.1. The second-order valence-electron chi connectivity index (χ2n) is 11.1. The van der Waals surface area contributed by atoms with Crippen LogP contribution in [0, 0.1) is 11.8 Å². The van der Waals surface area contributed by atoms with E-state index >= 15 is 0 Å². The summed E-state index contributed by atoms with van der Waals surface area (Å²) in [5, 5.41) is 20.1. The highest BCUT2D eigenvalue weighted by atomic mass is 28.4. The summed E-state index contributed by atoms with van der Waals surface area (Å²) in [5.74, 6) is -0.927. The van der Waals surface area contributed by atoms with E-state index in [2.05, 4.69) is 40.8 Å². The van der Waals surface area contributed by atoms with E-state index in [4.69, 9.17) is 19.6 Å². The first-order valence-electron chi connectivity index (χ1n) is 12.6. The van der Waals surface area contributed by atoms with Gasteiger partial charge in [0.05, 0.1) is 12.2 Å². The number of aliphatic hydroxyl groups excluding tert-OH is 2.